The molecular weight excluding hydrogens is 214 g/mol. The highest BCUT2D eigenvalue weighted by Gasteiger charge is 2.16. The van der Waals surface area contributed by atoms with E-state index in [1.807, 2.05) is 11.8 Å². The molecule has 1 aliphatic rings. The summed E-state index contributed by atoms with van der Waals surface area (Å²) < 4.78 is 5.44. The van der Waals surface area contributed by atoms with Crippen LogP contribution < -0.4 is 5.32 Å². The van der Waals surface area contributed by atoms with E-state index < -0.39 is 0 Å². The van der Waals surface area contributed by atoms with Crippen LogP contribution in [0.25, 0.3) is 0 Å². The van der Waals surface area contributed by atoms with Gasteiger partial charge in [-0.3, -0.25) is 0 Å². The highest BCUT2D eigenvalue weighted by Crippen LogP contribution is 2.29. The maximum atomic E-state index is 4.47. The van der Waals surface area contributed by atoms with Crippen molar-refractivity contribution in [1.29, 1.82) is 0 Å². The van der Waals surface area contributed by atoms with Crippen molar-refractivity contribution in [3.05, 3.63) is 5.82 Å². The standard InChI is InChI=1S/C9H15N3S2/c1-2-8-11-9(14-12-8)13-7-3-5-10-6-4-7/h7,10H,2-6H2,1H3. The van der Waals surface area contributed by atoms with Gasteiger partial charge in [0.15, 0.2) is 4.34 Å². The first-order chi connectivity index (χ1) is 6.88. The zero-order valence-electron chi connectivity index (χ0n) is 8.32. The normalized spacial score (nSPS) is 18.6. The van der Waals surface area contributed by atoms with Crippen molar-refractivity contribution < 1.29 is 0 Å². The quantitative estimate of drug-likeness (QED) is 0.859. The summed E-state index contributed by atoms with van der Waals surface area (Å²) in [6.07, 6.45) is 3.46. The highest BCUT2D eigenvalue weighted by molar-refractivity contribution is 8.01. The molecule has 0 spiro atoms. The number of thioether (sulfide) groups is 1. The van der Waals surface area contributed by atoms with Gasteiger partial charge in [0.25, 0.3) is 0 Å². The number of piperidine rings is 1. The number of aryl methyl sites for hydroxylation is 1. The van der Waals surface area contributed by atoms with Gasteiger partial charge < -0.3 is 5.32 Å². The lowest BCUT2D eigenvalue weighted by Crippen LogP contribution is -2.29. The Morgan fingerprint density at radius 1 is 1.50 bits per heavy atom. The van der Waals surface area contributed by atoms with Crippen molar-refractivity contribution in [1.82, 2.24) is 14.7 Å². The Balaban J connectivity index is 1.89. The minimum absolute atomic E-state index is 0.744. The molecule has 1 aromatic rings. The summed E-state index contributed by atoms with van der Waals surface area (Å²) in [5.41, 5.74) is 0. The highest BCUT2D eigenvalue weighted by atomic mass is 32.2. The molecule has 0 amide bonds. The van der Waals surface area contributed by atoms with Gasteiger partial charge in [0.2, 0.25) is 0 Å². The Bertz CT molecular complexity index is 281. The van der Waals surface area contributed by atoms with Gasteiger partial charge in [-0.25, -0.2) is 4.98 Å². The Kier molecular flexibility index (Phi) is 3.78. The number of nitrogens with one attached hydrogen (secondary N) is 1. The minimum Gasteiger partial charge on any atom is -0.317 e. The second-order valence-corrected chi connectivity index (χ2v) is 5.70. The third kappa shape index (κ3) is 2.68. The van der Waals surface area contributed by atoms with Crippen molar-refractivity contribution >= 4 is 23.3 Å². The van der Waals surface area contributed by atoms with E-state index in [2.05, 4.69) is 21.6 Å². The summed E-state index contributed by atoms with van der Waals surface area (Å²) in [4.78, 5) is 4.47. The topological polar surface area (TPSA) is 37.8 Å². The smallest absolute Gasteiger partial charge is 0.170 e. The molecule has 1 aliphatic heterocycles. The second kappa shape index (κ2) is 5.09. The number of hydrogen-bond donors (Lipinski definition) is 1. The van der Waals surface area contributed by atoms with Gasteiger partial charge in [-0.1, -0.05) is 18.7 Å². The number of hydrogen-bond acceptors (Lipinski definition) is 5. The molecule has 1 fully saturated rings. The van der Waals surface area contributed by atoms with Crippen LogP contribution in [0.4, 0.5) is 0 Å². The van der Waals surface area contributed by atoms with Gasteiger partial charge in [0.05, 0.1) is 0 Å². The molecule has 78 valence electrons. The van der Waals surface area contributed by atoms with E-state index in [1.165, 1.54) is 12.8 Å². The van der Waals surface area contributed by atoms with Gasteiger partial charge in [-0.15, -0.1) is 0 Å². The first-order valence-electron chi connectivity index (χ1n) is 5.08. The largest absolute Gasteiger partial charge is 0.317 e. The minimum atomic E-state index is 0.744. The summed E-state index contributed by atoms with van der Waals surface area (Å²) in [5.74, 6) is 0.992. The fraction of sp³-hybridized carbons (Fsp3) is 0.778. The predicted octanol–water partition coefficient (Wildman–Crippen LogP) is 1.94. The van der Waals surface area contributed by atoms with Crippen molar-refractivity contribution in [2.45, 2.75) is 35.8 Å². The Hall–Kier alpha value is -0.130. The number of aromatic nitrogens is 2. The molecule has 1 saturated heterocycles. The van der Waals surface area contributed by atoms with Crippen LogP contribution in [0.2, 0.25) is 0 Å². The lowest BCUT2D eigenvalue weighted by Gasteiger charge is -2.20. The summed E-state index contributed by atoms with van der Waals surface area (Å²) in [7, 11) is 0. The van der Waals surface area contributed by atoms with Crippen LogP contribution in [0, 0.1) is 0 Å². The molecule has 14 heavy (non-hydrogen) atoms. The fourth-order valence-corrected chi connectivity index (χ4v) is 3.59. The van der Waals surface area contributed by atoms with Crippen molar-refractivity contribution in [2.75, 3.05) is 13.1 Å². The van der Waals surface area contributed by atoms with E-state index in [-0.39, 0.29) is 0 Å². The molecule has 0 radical (unpaired) electrons. The average molecular weight is 229 g/mol. The van der Waals surface area contributed by atoms with E-state index in [0.717, 1.165) is 34.9 Å². The van der Waals surface area contributed by atoms with E-state index in [0.29, 0.717) is 0 Å². The van der Waals surface area contributed by atoms with Gasteiger partial charge in [0.1, 0.15) is 5.82 Å². The summed E-state index contributed by atoms with van der Waals surface area (Å²) in [5, 5.41) is 4.12. The summed E-state index contributed by atoms with van der Waals surface area (Å²) >= 11 is 3.45. The average Bonchev–Trinajstić information content (AvgIpc) is 2.67. The van der Waals surface area contributed by atoms with Crippen LogP contribution in [-0.4, -0.2) is 27.7 Å². The van der Waals surface area contributed by atoms with Crippen molar-refractivity contribution in [3.8, 4) is 0 Å². The molecule has 0 unspecified atom stereocenters. The molecule has 3 nitrogen and oxygen atoms in total. The monoisotopic (exact) mass is 229 g/mol. The van der Waals surface area contributed by atoms with Gasteiger partial charge in [0, 0.05) is 11.7 Å². The molecule has 5 heteroatoms. The second-order valence-electron chi connectivity index (χ2n) is 3.40. The van der Waals surface area contributed by atoms with Gasteiger partial charge >= 0.3 is 0 Å². The molecule has 1 N–H and O–H groups in total. The van der Waals surface area contributed by atoms with Gasteiger partial charge in [-0.2, -0.15) is 4.37 Å². The molecule has 0 bridgehead atoms. The lowest BCUT2D eigenvalue weighted by molar-refractivity contribution is 0.531. The molecule has 2 heterocycles. The lowest BCUT2D eigenvalue weighted by atomic mass is 10.2. The fourth-order valence-electron chi connectivity index (χ4n) is 1.49. The molecule has 0 aromatic carbocycles. The Labute approximate surface area is 92.9 Å². The van der Waals surface area contributed by atoms with E-state index in [1.54, 1.807) is 11.5 Å². The molecule has 2 rings (SSSR count). The van der Waals surface area contributed by atoms with E-state index in [9.17, 15) is 0 Å². The van der Waals surface area contributed by atoms with Crippen LogP contribution >= 0.6 is 23.3 Å². The summed E-state index contributed by atoms with van der Waals surface area (Å²) in [6, 6.07) is 0. The summed E-state index contributed by atoms with van der Waals surface area (Å²) in [6.45, 7) is 4.40. The molecular formula is C9H15N3S2. The van der Waals surface area contributed by atoms with Crippen LogP contribution in [-0.2, 0) is 6.42 Å². The van der Waals surface area contributed by atoms with Crippen LogP contribution in [0.1, 0.15) is 25.6 Å². The Morgan fingerprint density at radius 2 is 2.29 bits per heavy atom. The molecule has 0 aliphatic carbocycles. The number of nitrogens with zero attached hydrogens (tertiary/aromatic N) is 2. The zero-order valence-corrected chi connectivity index (χ0v) is 9.96. The first kappa shape index (κ1) is 10.4. The van der Waals surface area contributed by atoms with Crippen LogP contribution in [0.15, 0.2) is 4.34 Å². The molecule has 0 saturated carbocycles. The van der Waals surface area contributed by atoms with E-state index >= 15 is 0 Å². The van der Waals surface area contributed by atoms with Crippen molar-refractivity contribution in [3.63, 3.8) is 0 Å². The van der Waals surface area contributed by atoms with Crippen molar-refractivity contribution in [2.24, 2.45) is 0 Å². The zero-order chi connectivity index (χ0) is 9.80. The molecule has 1 aromatic heterocycles. The Morgan fingerprint density at radius 3 is 2.93 bits per heavy atom. The third-order valence-electron chi connectivity index (χ3n) is 2.32. The maximum Gasteiger partial charge on any atom is 0.170 e. The van der Waals surface area contributed by atoms with Gasteiger partial charge in [-0.05, 0) is 37.5 Å². The van der Waals surface area contributed by atoms with Crippen LogP contribution in [0.5, 0.6) is 0 Å². The maximum absolute atomic E-state index is 4.47. The van der Waals surface area contributed by atoms with E-state index in [4.69, 9.17) is 0 Å². The molecule has 0 atom stereocenters. The third-order valence-corrected chi connectivity index (χ3v) is 4.48. The van der Waals surface area contributed by atoms with Crippen LogP contribution in [0.3, 0.4) is 0 Å². The predicted molar refractivity (Wildman–Crippen MR) is 61.0 cm³/mol. The first-order valence-corrected chi connectivity index (χ1v) is 6.73. The SMILES string of the molecule is CCc1nsc(SC2CCNCC2)n1. The number of rotatable bonds is 3.